The van der Waals surface area contributed by atoms with E-state index >= 15 is 0 Å². The first kappa shape index (κ1) is 17.6. The number of amides is 1. The first-order valence-corrected chi connectivity index (χ1v) is 9.87. The smallest absolute Gasteiger partial charge is 0.257 e. The summed E-state index contributed by atoms with van der Waals surface area (Å²) in [7, 11) is -3.53. The third-order valence-electron chi connectivity index (χ3n) is 4.27. The lowest BCUT2D eigenvalue weighted by atomic mass is 9.96. The largest absolute Gasteiger partial charge is 0.322 e. The van der Waals surface area contributed by atoms with Crippen LogP contribution in [0.2, 0.25) is 0 Å². The number of benzene rings is 1. The Morgan fingerprint density at radius 2 is 1.76 bits per heavy atom. The van der Waals surface area contributed by atoms with Gasteiger partial charge in [-0.1, -0.05) is 19.3 Å². The number of anilines is 1. The Bertz CT molecular complexity index is 814. The number of carbonyl (C=O) groups excluding carboxylic acids is 1. The summed E-state index contributed by atoms with van der Waals surface area (Å²) >= 11 is 0. The zero-order valence-electron chi connectivity index (χ0n) is 13.8. The van der Waals surface area contributed by atoms with E-state index in [0.29, 0.717) is 11.3 Å². The van der Waals surface area contributed by atoms with Gasteiger partial charge in [-0.2, -0.15) is 0 Å². The van der Waals surface area contributed by atoms with Gasteiger partial charge in [-0.3, -0.25) is 9.78 Å². The summed E-state index contributed by atoms with van der Waals surface area (Å²) in [4.78, 5) is 16.2. The first-order valence-electron chi connectivity index (χ1n) is 8.38. The van der Waals surface area contributed by atoms with E-state index in [0.717, 1.165) is 25.7 Å². The predicted molar refractivity (Wildman–Crippen MR) is 95.8 cm³/mol. The molecular weight excluding hydrogens is 338 g/mol. The van der Waals surface area contributed by atoms with Crippen molar-refractivity contribution < 1.29 is 13.2 Å². The molecule has 1 aromatic carbocycles. The van der Waals surface area contributed by atoms with E-state index in [4.69, 9.17) is 0 Å². The SMILES string of the molecule is O=C(Nc1ccc(S(=O)(=O)NC2CCCCC2)cc1)c1cccnc1. The van der Waals surface area contributed by atoms with Crippen LogP contribution in [0.15, 0.2) is 53.7 Å². The Kier molecular flexibility index (Phi) is 5.45. The minimum absolute atomic E-state index is 0.0173. The number of aromatic nitrogens is 1. The molecule has 0 spiro atoms. The van der Waals surface area contributed by atoms with E-state index in [1.807, 2.05) is 0 Å². The number of rotatable bonds is 5. The van der Waals surface area contributed by atoms with Crippen LogP contribution < -0.4 is 10.0 Å². The van der Waals surface area contributed by atoms with Crippen LogP contribution in [0.4, 0.5) is 5.69 Å². The molecule has 0 saturated heterocycles. The average Bonchev–Trinajstić information content (AvgIpc) is 2.63. The van der Waals surface area contributed by atoms with E-state index in [9.17, 15) is 13.2 Å². The standard InChI is InChI=1S/C18H21N3O3S/c22-18(14-5-4-12-19-13-14)20-15-8-10-17(11-9-15)25(23,24)21-16-6-2-1-3-7-16/h4-5,8-13,16,21H,1-3,6-7H2,(H,20,22). The maximum absolute atomic E-state index is 12.4. The molecule has 0 bridgehead atoms. The molecule has 1 heterocycles. The third kappa shape index (κ3) is 4.64. The average molecular weight is 359 g/mol. The second kappa shape index (κ2) is 7.76. The highest BCUT2D eigenvalue weighted by Crippen LogP contribution is 2.21. The molecule has 1 aliphatic carbocycles. The maximum Gasteiger partial charge on any atom is 0.257 e. The molecule has 2 N–H and O–H groups in total. The van der Waals surface area contributed by atoms with Crippen LogP contribution in [0.25, 0.3) is 0 Å². The first-order chi connectivity index (χ1) is 12.0. The molecule has 1 aliphatic rings. The Labute approximate surface area is 147 Å². The quantitative estimate of drug-likeness (QED) is 0.859. The maximum atomic E-state index is 12.4. The van der Waals surface area contributed by atoms with Gasteiger partial charge in [0, 0.05) is 24.1 Å². The van der Waals surface area contributed by atoms with E-state index < -0.39 is 10.0 Å². The second-order valence-electron chi connectivity index (χ2n) is 6.18. The van der Waals surface area contributed by atoms with Gasteiger partial charge in [0.15, 0.2) is 0 Å². The van der Waals surface area contributed by atoms with Crippen molar-refractivity contribution in [2.75, 3.05) is 5.32 Å². The number of nitrogens with zero attached hydrogens (tertiary/aromatic N) is 1. The number of carbonyl (C=O) groups is 1. The van der Waals surface area contributed by atoms with Gasteiger partial charge >= 0.3 is 0 Å². The fraction of sp³-hybridized carbons (Fsp3) is 0.333. The van der Waals surface area contributed by atoms with Crippen molar-refractivity contribution in [3.63, 3.8) is 0 Å². The fourth-order valence-corrected chi connectivity index (χ4v) is 4.23. The van der Waals surface area contributed by atoms with Crippen LogP contribution in [-0.4, -0.2) is 25.4 Å². The molecule has 0 aliphatic heterocycles. The van der Waals surface area contributed by atoms with Crippen molar-refractivity contribution in [2.45, 2.75) is 43.0 Å². The monoisotopic (exact) mass is 359 g/mol. The molecule has 6 nitrogen and oxygen atoms in total. The van der Waals surface area contributed by atoms with E-state index in [1.54, 1.807) is 30.5 Å². The number of nitrogens with one attached hydrogen (secondary N) is 2. The summed E-state index contributed by atoms with van der Waals surface area (Å²) < 4.78 is 27.7. The highest BCUT2D eigenvalue weighted by atomic mass is 32.2. The Morgan fingerprint density at radius 3 is 2.40 bits per heavy atom. The summed E-state index contributed by atoms with van der Waals surface area (Å²) in [5.41, 5.74) is 0.976. The Hall–Kier alpha value is -2.25. The fourth-order valence-electron chi connectivity index (χ4n) is 2.93. The molecule has 1 amide bonds. The molecule has 3 rings (SSSR count). The van der Waals surface area contributed by atoms with Crippen molar-refractivity contribution in [2.24, 2.45) is 0 Å². The Balaban J connectivity index is 1.66. The Morgan fingerprint density at radius 1 is 1.04 bits per heavy atom. The van der Waals surface area contributed by atoms with Crippen molar-refractivity contribution in [3.05, 3.63) is 54.4 Å². The van der Waals surface area contributed by atoms with Crippen molar-refractivity contribution in [1.29, 1.82) is 0 Å². The molecule has 0 atom stereocenters. The van der Waals surface area contributed by atoms with Gasteiger partial charge in [-0.15, -0.1) is 0 Å². The predicted octanol–water partition coefficient (Wildman–Crippen LogP) is 2.94. The molecular formula is C18H21N3O3S. The summed E-state index contributed by atoms with van der Waals surface area (Å²) in [5.74, 6) is -0.288. The molecule has 1 aromatic heterocycles. The number of pyridine rings is 1. The number of hydrogen-bond donors (Lipinski definition) is 2. The lowest BCUT2D eigenvalue weighted by Gasteiger charge is -2.22. The van der Waals surface area contributed by atoms with Gasteiger partial charge in [-0.05, 0) is 49.2 Å². The molecule has 0 unspecified atom stereocenters. The third-order valence-corrected chi connectivity index (χ3v) is 5.81. The van der Waals surface area contributed by atoms with Gasteiger partial charge in [0.25, 0.3) is 5.91 Å². The highest BCUT2D eigenvalue weighted by Gasteiger charge is 2.21. The molecule has 132 valence electrons. The van der Waals surface area contributed by atoms with E-state index in [2.05, 4.69) is 15.0 Å². The number of hydrogen-bond acceptors (Lipinski definition) is 4. The topological polar surface area (TPSA) is 88.2 Å². The van der Waals surface area contributed by atoms with Gasteiger partial charge in [0.1, 0.15) is 0 Å². The van der Waals surface area contributed by atoms with Crippen LogP contribution in [0, 0.1) is 0 Å². The lowest BCUT2D eigenvalue weighted by molar-refractivity contribution is 0.102. The molecule has 1 saturated carbocycles. The van der Waals surface area contributed by atoms with Crippen LogP contribution in [0.1, 0.15) is 42.5 Å². The van der Waals surface area contributed by atoms with Gasteiger partial charge in [0.2, 0.25) is 10.0 Å². The molecule has 2 aromatic rings. The molecule has 7 heteroatoms. The summed E-state index contributed by atoms with van der Waals surface area (Å²) in [6, 6.07) is 9.54. The second-order valence-corrected chi connectivity index (χ2v) is 7.89. The van der Waals surface area contributed by atoms with Crippen LogP contribution in [0.3, 0.4) is 0 Å². The molecule has 1 fully saturated rings. The van der Waals surface area contributed by atoms with Gasteiger partial charge < -0.3 is 5.32 Å². The zero-order valence-corrected chi connectivity index (χ0v) is 14.6. The van der Waals surface area contributed by atoms with Gasteiger partial charge in [-0.25, -0.2) is 13.1 Å². The van der Waals surface area contributed by atoms with Crippen LogP contribution in [-0.2, 0) is 10.0 Å². The van der Waals surface area contributed by atoms with Crippen LogP contribution in [0.5, 0.6) is 0 Å². The van der Waals surface area contributed by atoms with E-state index in [-0.39, 0.29) is 16.8 Å². The summed E-state index contributed by atoms with van der Waals surface area (Å²) in [6.07, 6.45) is 8.14. The van der Waals surface area contributed by atoms with Crippen LogP contribution >= 0.6 is 0 Å². The minimum atomic E-state index is -3.53. The summed E-state index contributed by atoms with van der Waals surface area (Å²) in [6.45, 7) is 0. The van der Waals surface area contributed by atoms with Crippen molar-refractivity contribution in [3.8, 4) is 0 Å². The summed E-state index contributed by atoms with van der Waals surface area (Å²) in [5, 5.41) is 2.72. The van der Waals surface area contributed by atoms with Crippen molar-refractivity contribution >= 4 is 21.6 Å². The molecule has 25 heavy (non-hydrogen) atoms. The zero-order chi connectivity index (χ0) is 17.7. The molecule has 0 radical (unpaired) electrons. The normalized spacial score (nSPS) is 15.7. The lowest BCUT2D eigenvalue weighted by Crippen LogP contribution is -2.36. The minimum Gasteiger partial charge on any atom is -0.322 e. The highest BCUT2D eigenvalue weighted by molar-refractivity contribution is 7.89. The van der Waals surface area contributed by atoms with Gasteiger partial charge in [0.05, 0.1) is 10.5 Å². The number of sulfonamides is 1. The van der Waals surface area contributed by atoms with E-state index in [1.165, 1.54) is 24.8 Å². The van der Waals surface area contributed by atoms with Crippen molar-refractivity contribution in [1.82, 2.24) is 9.71 Å².